The molecule has 0 saturated heterocycles. The first-order valence-corrected chi connectivity index (χ1v) is 12.4. The van der Waals surface area contributed by atoms with Crippen LogP contribution in [0, 0.1) is 0 Å². The Morgan fingerprint density at radius 1 is 0.879 bits per heavy atom. The van der Waals surface area contributed by atoms with Crippen LogP contribution in [0.25, 0.3) is 22.3 Å². The van der Waals surface area contributed by atoms with E-state index in [1.54, 1.807) is 0 Å². The third kappa shape index (κ3) is 5.91. The van der Waals surface area contributed by atoms with Crippen molar-refractivity contribution in [3.05, 3.63) is 93.2 Å². The first kappa shape index (κ1) is 23.2. The van der Waals surface area contributed by atoms with Crippen LogP contribution in [0.2, 0.25) is 0 Å². The summed E-state index contributed by atoms with van der Waals surface area (Å²) in [5, 5.41) is 0.667. The monoisotopic (exact) mass is 504 g/mol. The number of halogens is 1. The van der Waals surface area contributed by atoms with E-state index in [1.807, 2.05) is 65.2 Å². The van der Waals surface area contributed by atoms with Crippen molar-refractivity contribution in [2.24, 2.45) is 0 Å². The fourth-order valence-electron chi connectivity index (χ4n) is 3.93. The summed E-state index contributed by atoms with van der Waals surface area (Å²) in [6.07, 6.45) is 5.07. The van der Waals surface area contributed by atoms with Gasteiger partial charge in [-0.1, -0.05) is 72.1 Å². The molecule has 4 nitrogen and oxygen atoms in total. The van der Waals surface area contributed by atoms with Crippen molar-refractivity contribution >= 4 is 26.8 Å². The van der Waals surface area contributed by atoms with Crippen molar-refractivity contribution in [3.63, 3.8) is 0 Å². The minimum atomic E-state index is 0.0254. The Morgan fingerprint density at radius 2 is 1.61 bits per heavy atom. The summed E-state index contributed by atoms with van der Waals surface area (Å²) >= 11 is 3.48. The molecule has 1 aromatic heterocycles. The summed E-state index contributed by atoms with van der Waals surface area (Å²) in [4.78, 5) is 18.1. The van der Waals surface area contributed by atoms with Crippen LogP contribution in [0.3, 0.4) is 0 Å². The highest BCUT2D eigenvalue weighted by molar-refractivity contribution is 9.10. The molecule has 0 amide bonds. The number of para-hydroxylation sites is 1. The Hall–Kier alpha value is -2.92. The average Bonchev–Trinajstić information content (AvgIpc) is 2.85. The zero-order valence-electron chi connectivity index (χ0n) is 19.0. The van der Waals surface area contributed by atoms with Gasteiger partial charge in [0.25, 0.3) is 5.56 Å². The second-order valence-electron chi connectivity index (χ2n) is 8.18. The van der Waals surface area contributed by atoms with Gasteiger partial charge in [-0.3, -0.25) is 9.36 Å². The van der Waals surface area contributed by atoms with Crippen LogP contribution < -0.4 is 10.3 Å². The molecule has 0 unspecified atom stereocenters. The average molecular weight is 505 g/mol. The van der Waals surface area contributed by atoms with E-state index < -0.39 is 0 Å². The van der Waals surface area contributed by atoms with Crippen molar-refractivity contribution in [2.75, 3.05) is 6.61 Å². The summed E-state index contributed by atoms with van der Waals surface area (Å²) in [6, 6.07) is 23.9. The van der Waals surface area contributed by atoms with Gasteiger partial charge in [-0.05, 0) is 61.2 Å². The summed E-state index contributed by atoms with van der Waals surface area (Å²) in [6.45, 7) is 3.52. The van der Waals surface area contributed by atoms with Crippen LogP contribution in [0.4, 0.5) is 0 Å². The van der Waals surface area contributed by atoms with Gasteiger partial charge >= 0.3 is 0 Å². The van der Waals surface area contributed by atoms with Crippen molar-refractivity contribution in [3.8, 4) is 17.1 Å². The van der Waals surface area contributed by atoms with Crippen LogP contribution in [0.1, 0.15) is 38.2 Å². The molecule has 0 bridgehead atoms. The summed E-state index contributed by atoms with van der Waals surface area (Å²) < 4.78 is 8.69. The van der Waals surface area contributed by atoms with Gasteiger partial charge in [0.05, 0.1) is 17.5 Å². The second kappa shape index (κ2) is 11.3. The van der Waals surface area contributed by atoms with Crippen molar-refractivity contribution < 1.29 is 4.74 Å². The Balaban J connectivity index is 1.37. The highest BCUT2D eigenvalue weighted by Crippen LogP contribution is 2.22. The number of unbranched alkanes of at least 4 members (excludes halogenated alkanes) is 3. The smallest absolute Gasteiger partial charge is 0.261 e. The molecular weight excluding hydrogens is 476 g/mol. The number of aromatic nitrogens is 2. The predicted molar refractivity (Wildman–Crippen MR) is 139 cm³/mol. The van der Waals surface area contributed by atoms with Gasteiger partial charge in [0, 0.05) is 16.6 Å². The van der Waals surface area contributed by atoms with Crippen LogP contribution in [0.5, 0.6) is 5.75 Å². The molecule has 3 aromatic carbocycles. The van der Waals surface area contributed by atoms with Gasteiger partial charge in [0.2, 0.25) is 0 Å². The molecule has 33 heavy (non-hydrogen) atoms. The molecule has 4 aromatic rings. The molecule has 0 aliphatic heterocycles. The fraction of sp³-hybridized carbons (Fsp3) is 0.286. The highest BCUT2D eigenvalue weighted by atomic mass is 79.9. The largest absolute Gasteiger partial charge is 0.494 e. The molecule has 0 aliphatic carbocycles. The van der Waals surface area contributed by atoms with E-state index >= 15 is 0 Å². The number of benzene rings is 3. The molecule has 0 fully saturated rings. The minimum Gasteiger partial charge on any atom is -0.494 e. The Labute approximate surface area is 203 Å². The lowest BCUT2D eigenvalue weighted by molar-refractivity contribution is 0.304. The van der Waals surface area contributed by atoms with Gasteiger partial charge in [0.15, 0.2) is 0 Å². The second-order valence-corrected chi connectivity index (χ2v) is 9.09. The van der Waals surface area contributed by atoms with E-state index in [9.17, 15) is 4.79 Å². The molecule has 0 atom stereocenters. The van der Waals surface area contributed by atoms with Crippen molar-refractivity contribution in [1.82, 2.24) is 9.55 Å². The maximum absolute atomic E-state index is 13.3. The Morgan fingerprint density at radius 3 is 2.36 bits per heavy atom. The number of hydrogen-bond donors (Lipinski definition) is 0. The lowest BCUT2D eigenvalue weighted by atomic mass is 10.1. The third-order valence-electron chi connectivity index (χ3n) is 5.84. The summed E-state index contributed by atoms with van der Waals surface area (Å²) in [7, 11) is 0. The first-order valence-electron chi connectivity index (χ1n) is 11.6. The van der Waals surface area contributed by atoms with Crippen LogP contribution in [-0.2, 0) is 13.0 Å². The van der Waals surface area contributed by atoms with Gasteiger partial charge in [0.1, 0.15) is 11.6 Å². The minimum absolute atomic E-state index is 0.0254. The first-order chi connectivity index (χ1) is 16.2. The zero-order chi connectivity index (χ0) is 23.0. The maximum Gasteiger partial charge on any atom is 0.261 e. The number of hydrogen-bond acceptors (Lipinski definition) is 3. The summed E-state index contributed by atoms with van der Waals surface area (Å²) in [5.41, 5.74) is 3.03. The van der Waals surface area contributed by atoms with E-state index in [4.69, 9.17) is 9.72 Å². The number of rotatable bonds is 10. The van der Waals surface area contributed by atoms with Crippen LogP contribution in [-0.4, -0.2) is 16.2 Å². The Kier molecular flexibility index (Phi) is 7.95. The van der Waals surface area contributed by atoms with Crippen molar-refractivity contribution in [2.45, 2.75) is 45.6 Å². The van der Waals surface area contributed by atoms with E-state index in [1.165, 1.54) is 5.56 Å². The van der Waals surface area contributed by atoms with Gasteiger partial charge in [-0.25, -0.2) is 4.98 Å². The number of fused-ring (bicyclic) bond motifs is 1. The number of nitrogens with zero attached hydrogens (tertiary/aromatic N) is 2. The standard InChI is InChI=1S/C28H29BrN2O2/c1-2-21-11-17-24(18-12-21)33-20-8-4-3-7-19-31-27(22-13-15-23(29)16-14-22)30-26-10-6-5-9-25(26)28(31)32/h5-6,9-18H,2-4,7-8,19-20H2,1H3. The van der Waals surface area contributed by atoms with E-state index in [0.717, 1.165) is 59.2 Å². The topological polar surface area (TPSA) is 44.1 Å². The normalized spacial score (nSPS) is 11.1. The highest BCUT2D eigenvalue weighted by Gasteiger charge is 2.12. The van der Waals surface area contributed by atoms with E-state index in [2.05, 4.69) is 35.0 Å². The quantitative estimate of drug-likeness (QED) is 0.218. The number of aryl methyl sites for hydroxylation is 1. The summed E-state index contributed by atoms with van der Waals surface area (Å²) in [5.74, 6) is 1.66. The third-order valence-corrected chi connectivity index (χ3v) is 6.37. The predicted octanol–water partition coefficient (Wildman–Crippen LogP) is 7.03. The zero-order valence-corrected chi connectivity index (χ0v) is 20.6. The van der Waals surface area contributed by atoms with Crippen LogP contribution >= 0.6 is 15.9 Å². The van der Waals surface area contributed by atoms with Gasteiger partial charge in [-0.2, -0.15) is 0 Å². The molecule has 0 N–H and O–H groups in total. The van der Waals surface area contributed by atoms with E-state index in [0.29, 0.717) is 18.5 Å². The van der Waals surface area contributed by atoms with Crippen molar-refractivity contribution in [1.29, 1.82) is 0 Å². The van der Waals surface area contributed by atoms with Gasteiger partial charge < -0.3 is 4.74 Å². The molecule has 5 heteroatoms. The van der Waals surface area contributed by atoms with E-state index in [-0.39, 0.29) is 5.56 Å². The molecule has 0 aliphatic rings. The molecule has 0 radical (unpaired) electrons. The maximum atomic E-state index is 13.3. The molecule has 0 spiro atoms. The molecule has 170 valence electrons. The molecular formula is C28H29BrN2O2. The molecule has 4 rings (SSSR count). The fourth-order valence-corrected chi connectivity index (χ4v) is 4.20. The molecule has 0 saturated carbocycles. The lowest BCUT2D eigenvalue weighted by Crippen LogP contribution is -2.23. The van der Waals surface area contributed by atoms with Gasteiger partial charge in [-0.15, -0.1) is 0 Å². The van der Waals surface area contributed by atoms with Crippen LogP contribution in [0.15, 0.2) is 82.1 Å². The SMILES string of the molecule is CCc1ccc(OCCCCCCn2c(-c3ccc(Br)cc3)nc3ccccc3c2=O)cc1. The lowest BCUT2D eigenvalue weighted by Gasteiger charge is -2.14. The number of ether oxygens (including phenoxy) is 1. The molecule has 1 heterocycles. The Bertz CT molecular complexity index is 1250.